The Bertz CT molecular complexity index is 1460. The Hall–Kier alpha value is -4.11. The zero-order chi connectivity index (χ0) is 26.0. The fraction of sp³-hybridized carbons (Fsp3) is 0.148. The summed E-state index contributed by atoms with van der Waals surface area (Å²) in [4.78, 5) is 17.3. The Morgan fingerprint density at radius 2 is 1.81 bits per heavy atom. The van der Waals surface area contributed by atoms with Crippen LogP contribution < -0.4 is 10.1 Å². The van der Waals surface area contributed by atoms with E-state index in [1.165, 1.54) is 12.1 Å². The van der Waals surface area contributed by atoms with Gasteiger partial charge in [-0.15, -0.1) is 13.2 Å². The van der Waals surface area contributed by atoms with Crippen LogP contribution in [0.2, 0.25) is 5.02 Å². The number of hydrazone groups is 1. The number of fused-ring (bicyclic) bond motifs is 1. The van der Waals surface area contributed by atoms with Crippen LogP contribution in [0.25, 0.3) is 10.9 Å². The van der Waals surface area contributed by atoms with E-state index in [0.717, 1.165) is 39.9 Å². The Labute approximate surface area is 215 Å². The average molecular weight is 525 g/mol. The maximum atomic E-state index is 12.7. The fourth-order valence-corrected chi connectivity index (χ4v) is 4.39. The van der Waals surface area contributed by atoms with Gasteiger partial charge in [0.15, 0.2) is 0 Å². The number of rotatable bonds is 6. The lowest BCUT2D eigenvalue weighted by atomic mass is 9.91. The van der Waals surface area contributed by atoms with Gasteiger partial charge in [0.2, 0.25) is 5.91 Å². The van der Waals surface area contributed by atoms with Gasteiger partial charge >= 0.3 is 6.36 Å². The first-order valence-corrected chi connectivity index (χ1v) is 11.7. The van der Waals surface area contributed by atoms with E-state index >= 15 is 0 Å². The van der Waals surface area contributed by atoms with Gasteiger partial charge in [-0.1, -0.05) is 41.9 Å². The summed E-state index contributed by atoms with van der Waals surface area (Å²) in [6, 6.07) is 22.2. The second kappa shape index (κ2) is 10.1. The topological polar surface area (TPSA) is 66.8 Å². The zero-order valence-electron chi connectivity index (χ0n) is 19.2. The van der Waals surface area contributed by atoms with Crippen molar-refractivity contribution in [3.63, 3.8) is 0 Å². The minimum absolute atomic E-state index is 0.0412. The summed E-state index contributed by atoms with van der Waals surface area (Å²) in [6.07, 6.45) is -2.97. The number of amides is 1. The minimum atomic E-state index is -4.78. The number of pyridine rings is 1. The predicted octanol–water partition coefficient (Wildman–Crippen LogP) is 6.23. The third-order valence-electron chi connectivity index (χ3n) is 5.81. The second-order valence-corrected chi connectivity index (χ2v) is 8.91. The van der Waals surface area contributed by atoms with Crippen LogP contribution in [0.1, 0.15) is 17.0 Å². The monoisotopic (exact) mass is 524 g/mol. The van der Waals surface area contributed by atoms with Gasteiger partial charge < -0.3 is 10.1 Å². The number of carbonyl (C=O) groups is 1. The number of nitrogens with one attached hydrogen (secondary N) is 1. The first-order chi connectivity index (χ1) is 17.7. The summed E-state index contributed by atoms with van der Waals surface area (Å²) < 4.78 is 40.9. The molecule has 0 saturated carbocycles. The number of anilines is 1. The molecule has 0 saturated heterocycles. The lowest BCUT2D eigenvalue weighted by Gasteiger charge is -2.17. The van der Waals surface area contributed by atoms with Crippen LogP contribution >= 0.6 is 11.6 Å². The first kappa shape index (κ1) is 24.6. The summed E-state index contributed by atoms with van der Waals surface area (Å²) in [5.74, 6) is -0.857. The van der Waals surface area contributed by atoms with Crippen molar-refractivity contribution in [1.82, 2.24) is 9.99 Å². The molecule has 188 valence electrons. The van der Waals surface area contributed by atoms with E-state index in [0.29, 0.717) is 17.3 Å². The molecule has 1 unspecified atom stereocenters. The Morgan fingerprint density at radius 3 is 2.54 bits per heavy atom. The SMILES string of the molecule is O=C(CN1CC(c2cnc3ccc(Cl)cc3c2)C(c2ccccc2)=N1)Nc1ccc(OC(F)(F)F)cc1. The van der Waals surface area contributed by atoms with E-state index in [-0.39, 0.29) is 24.1 Å². The first-order valence-electron chi connectivity index (χ1n) is 11.3. The number of aromatic nitrogens is 1. The van der Waals surface area contributed by atoms with E-state index in [4.69, 9.17) is 16.7 Å². The normalized spacial score (nSPS) is 15.5. The molecule has 5 rings (SSSR count). The smallest absolute Gasteiger partial charge is 0.406 e. The molecule has 0 radical (unpaired) electrons. The highest BCUT2D eigenvalue weighted by atomic mass is 35.5. The Kier molecular flexibility index (Phi) is 6.71. The predicted molar refractivity (Wildman–Crippen MR) is 136 cm³/mol. The highest BCUT2D eigenvalue weighted by Crippen LogP contribution is 2.31. The molecular formula is C27H20ClF3N4O2. The molecule has 3 aromatic carbocycles. The van der Waals surface area contributed by atoms with Crippen molar-refractivity contribution in [2.45, 2.75) is 12.3 Å². The lowest BCUT2D eigenvalue weighted by Crippen LogP contribution is -2.29. The van der Waals surface area contributed by atoms with E-state index < -0.39 is 6.36 Å². The van der Waals surface area contributed by atoms with Crippen molar-refractivity contribution < 1.29 is 22.7 Å². The van der Waals surface area contributed by atoms with E-state index in [2.05, 4.69) is 15.0 Å². The number of halogens is 4. The van der Waals surface area contributed by atoms with Gasteiger partial charge in [-0.05, 0) is 59.7 Å². The minimum Gasteiger partial charge on any atom is -0.406 e. The molecule has 37 heavy (non-hydrogen) atoms. The van der Waals surface area contributed by atoms with E-state index in [1.807, 2.05) is 54.7 Å². The van der Waals surface area contributed by atoms with Crippen molar-refractivity contribution in [2.75, 3.05) is 18.4 Å². The number of hydrogen-bond donors (Lipinski definition) is 1. The number of alkyl halides is 3. The quantitative estimate of drug-likeness (QED) is 0.325. The Morgan fingerprint density at radius 1 is 1.05 bits per heavy atom. The van der Waals surface area contributed by atoms with Crippen LogP contribution in [0.3, 0.4) is 0 Å². The average Bonchev–Trinajstić information content (AvgIpc) is 3.28. The fourth-order valence-electron chi connectivity index (χ4n) is 4.21. The van der Waals surface area contributed by atoms with E-state index in [1.54, 1.807) is 11.1 Å². The molecule has 1 amide bonds. The van der Waals surface area contributed by atoms with Gasteiger partial charge in [-0.3, -0.25) is 14.8 Å². The van der Waals surface area contributed by atoms with Gasteiger partial charge in [0.1, 0.15) is 12.3 Å². The zero-order valence-corrected chi connectivity index (χ0v) is 20.0. The standard InChI is InChI=1S/C27H20ClF3N4O2/c28-20-6-11-24-18(13-20)12-19(14-32-24)23-15-35(34-26(23)17-4-2-1-3-5-17)16-25(36)33-21-7-9-22(10-8-21)37-27(29,30)31/h1-14,23H,15-16H2,(H,33,36). The van der Waals surface area contributed by atoms with Gasteiger partial charge in [-0.2, -0.15) is 5.10 Å². The molecule has 0 aliphatic carbocycles. The molecule has 10 heteroatoms. The van der Waals surface area contributed by atoms with Crippen LogP contribution in [-0.4, -0.2) is 41.1 Å². The van der Waals surface area contributed by atoms with Crippen molar-refractivity contribution in [2.24, 2.45) is 5.10 Å². The van der Waals surface area contributed by atoms with Crippen molar-refractivity contribution in [3.05, 3.63) is 101 Å². The van der Waals surface area contributed by atoms with Crippen LogP contribution in [0.15, 0.2) is 90.2 Å². The lowest BCUT2D eigenvalue weighted by molar-refractivity contribution is -0.274. The summed E-state index contributed by atoms with van der Waals surface area (Å²) in [7, 11) is 0. The third kappa shape index (κ3) is 6.00. The van der Waals surface area contributed by atoms with Gasteiger partial charge in [0.05, 0.1) is 11.2 Å². The second-order valence-electron chi connectivity index (χ2n) is 8.48. The van der Waals surface area contributed by atoms with Crippen LogP contribution in [0.4, 0.5) is 18.9 Å². The Balaban J connectivity index is 1.33. The third-order valence-corrected chi connectivity index (χ3v) is 6.04. The van der Waals surface area contributed by atoms with E-state index in [9.17, 15) is 18.0 Å². The molecule has 2 heterocycles. The maximum absolute atomic E-state index is 12.7. The van der Waals surface area contributed by atoms with Gasteiger partial charge in [0, 0.05) is 34.8 Å². The molecule has 1 N–H and O–H groups in total. The van der Waals surface area contributed by atoms with Crippen molar-refractivity contribution in [3.8, 4) is 5.75 Å². The molecule has 1 atom stereocenters. The molecular weight excluding hydrogens is 505 g/mol. The summed E-state index contributed by atoms with van der Waals surface area (Å²) in [5.41, 5.74) is 3.86. The van der Waals surface area contributed by atoms with Crippen LogP contribution in [0.5, 0.6) is 5.75 Å². The van der Waals surface area contributed by atoms with Gasteiger partial charge in [0.25, 0.3) is 0 Å². The highest BCUT2D eigenvalue weighted by molar-refractivity contribution is 6.31. The van der Waals surface area contributed by atoms with Gasteiger partial charge in [-0.25, -0.2) is 0 Å². The number of hydrogen-bond acceptors (Lipinski definition) is 5. The summed E-state index contributed by atoms with van der Waals surface area (Å²) in [5, 5.41) is 10.6. The van der Waals surface area contributed by atoms with Crippen molar-refractivity contribution >= 4 is 39.8 Å². The van der Waals surface area contributed by atoms with Crippen LogP contribution in [-0.2, 0) is 4.79 Å². The van der Waals surface area contributed by atoms with Crippen LogP contribution in [0, 0.1) is 0 Å². The molecule has 4 aromatic rings. The molecule has 1 aliphatic rings. The number of ether oxygens (including phenoxy) is 1. The molecule has 6 nitrogen and oxygen atoms in total. The molecule has 0 fully saturated rings. The highest BCUT2D eigenvalue weighted by Gasteiger charge is 2.32. The number of nitrogens with zero attached hydrogens (tertiary/aromatic N) is 3. The van der Waals surface area contributed by atoms with Crippen molar-refractivity contribution in [1.29, 1.82) is 0 Å². The number of benzene rings is 3. The summed E-state index contributed by atoms with van der Waals surface area (Å²) >= 11 is 6.18. The summed E-state index contributed by atoms with van der Waals surface area (Å²) in [6.45, 7) is 0.407. The molecule has 1 aromatic heterocycles. The molecule has 0 bridgehead atoms. The maximum Gasteiger partial charge on any atom is 0.573 e. The largest absolute Gasteiger partial charge is 0.573 e. The molecule has 0 spiro atoms. The molecule has 1 aliphatic heterocycles. The number of carbonyl (C=O) groups excluding carboxylic acids is 1.